The average Bonchev–Trinajstić information content (AvgIpc) is 3.38. The summed E-state index contributed by atoms with van der Waals surface area (Å²) in [4.78, 5) is 38.9. The topological polar surface area (TPSA) is 105 Å². The number of esters is 1. The van der Waals surface area contributed by atoms with Gasteiger partial charge in [-0.05, 0) is 44.6 Å². The summed E-state index contributed by atoms with van der Waals surface area (Å²) in [5, 5.41) is 12.7. The Kier molecular flexibility index (Phi) is 7.10. The predicted molar refractivity (Wildman–Crippen MR) is 109 cm³/mol. The maximum Gasteiger partial charge on any atom is 0.326 e. The first kappa shape index (κ1) is 22.2. The molecule has 30 heavy (non-hydrogen) atoms. The van der Waals surface area contributed by atoms with E-state index in [1.54, 1.807) is 6.92 Å². The molecule has 0 bridgehead atoms. The molecule has 0 aromatic heterocycles. The summed E-state index contributed by atoms with van der Waals surface area (Å²) in [6, 6.07) is 7.48. The van der Waals surface area contributed by atoms with Crippen molar-refractivity contribution in [3.8, 4) is 0 Å². The van der Waals surface area contributed by atoms with Crippen LogP contribution in [0.25, 0.3) is 0 Å². The molecule has 1 aromatic rings. The van der Waals surface area contributed by atoms with Gasteiger partial charge < -0.3 is 19.5 Å². The van der Waals surface area contributed by atoms with Gasteiger partial charge in [-0.2, -0.15) is 0 Å². The van der Waals surface area contributed by atoms with E-state index in [4.69, 9.17) is 9.47 Å². The van der Waals surface area contributed by atoms with E-state index in [2.05, 4.69) is 5.32 Å². The van der Waals surface area contributed by atoms with Crippen LogP contribution in [0.1, 0.15) is 38.2 Å². The molecule has 2 unspecified atom stereocenters. The quantitative estimate of drug-likeness (QED) is 0.615. The Balaban J connectivity index is 1.71. The lowest BCUT2D eigenvalue weighted by Crippen LogP contribution is -2.59. The number of amides is 1. The fraction of sp³-hybridized carbons (Fsp3) is 0.591. The number of carbonyl (C=O) groups excluding carboxylic acids is 2. The number of likely N-dealkylation sites (tertiary alicyclic amines) is 1. The number of aliphatic carboxylic acids is 1. The van der Waals surface area contributed by atoms with Gasteiger partial charge in [0.2, 0.25) is 5.91 Å². The number of methoxy groups -OCH3 is 1. The van der Waals surface area contributed by atoms with E-state index in [1.165, 1.54) is 12.0 Å². The number of nitrogens with zero attached hydrogens (tertiary/aromatic N) is 1. The lowest BCUT2D eigenvalue weighted by molar-refractivity contribution is -0.154. The van der Waals surface area contributed by atoms with E-state index in [0.717, 1.165) is 5.56 Å². The SMILES string of the molecule is COC(=O)[C@H](CCc1ccccc1)NC(C)C(=O)N1[C@H](C(=O)O)CCC12CCOC2. The maximum atomic E-state index is 13.3. The Bertz CT molecular complexity index is 762. The normalized spacial score (nSPS) is 25.3. The second-order valence-corrected chi connectivity index (χ2v) is 8.12. The summed E-state index contributed by atoms with van der Waals surface area (Å²) in [6.45, 7) is 2.53. The van der Waals surface area contributed by atoms with Gasteiger partial charge in [-0.15, -0.1) is 0 Å². The number of rotatable bonds is 8. The van der Waals surface area contributed by atoms with Crippen LogP contribution in [-0.2, 0) is 30.3 Å². The van der Waals surface area contributed by atoms with Crippen LogP contribution in [0.3, 0.4) is 0 Å². The number of aryl methyl sites for hydroxylation is 1. The Morgan fingerprint density at radius 3 is 2.63 bits per heavy atom. The van der Waals surface area contributed by atoms with Gasteiger partial charge in [0.05, 0.1) is 25.3 Å². The molecular formula is C22H30N2O6. The van der Waals surface area contributed by atoms with Crippen LogP contribution >= 0.6 is 0 Å². The van der Waals surface area contributed by atoms with E-state index in [0.29, 0.717) is 45.3 Å². The molecule has 8 nitrogen and oxygen atoms in total. The summed E-state index contributed by atoms with van der Waals surface area (Å²) in [6.07, 6.45) is 2.75. The highest BCUT2D eigenvalue weighted by molar-refractivity contribution is 5.89. The third kappa shape index (κ3) is 4.65. The summed E-state index contributed by atoms with van der Waals surface area (Å²) >= 11 is 0. The van der Waals surface area contributed by atoms with Crippen molar-refractivity contribution in [2.75, 3.05) is 20.3 Å². The zero-order valence-electron chi connectivity index (χ0n) is 17.5. The van der Waals surface area contributed by atoms with E-state index in [9.17, 15) is 19.5 Å². The number of hydrogen-bond donors (Lipinski definition) is 2. The molecular weight excluding hydrogens is 388 g/mol. The lowest BCUT2D eigenvalue weighted by atomic mass is 9.95. The first-order chi connectivity index (χ1) is 14.4. The molecule has 2 aliphatic heterocycles. The van der Waals surface area contributed by atoms with Crippen LogP contribution in [0.4, 0.5) is 0 Å². The van der Waals surface area contributed by atoms with Gasteiger partial charge in [-0.3, -0.25) is 14.9 Å². The molecule has 1 aromatic carbocycles. The molecule has 2 N–H and O–H groups in total. The smallest absolute Gasteiger partial charge is 0.326 e. The minimum atomic E-state index is -1.01. The van der Waals surface area contributed by atoms with Crippen LogP contribution in [0.2, 0.25) is 0 Å². The highest BCUT2D eigenvalue weighted by Gasteiger charge is 2.54. The zero-order chi connectivity index (χ0) is 21.7. The number of carboxylic acid groups (broad SMARTS) is 1. The van der Waals surface area contributed by atoms with Crippen molar-refractivity contribution in [1.82, 2.24) is 10.2 Å². The summed E-state index contributed by atoms with van der Waals surface area (Å²) < 4.78 is 10.4. The van der Waals surface area contributed by atoms with Crippen LogP contribution in [0.15, 0.2) is 30.3 Å². The van der Waals surface area contributed by atoms with Crippen LogP contribution < -0.4 is 5.32 Å². The van der Waals surface area contributed by atoms with E-state index in [1.807, 2.05) is 30.3 Å². The third-order valence-corrected chi connectivity index (χ3v) is 6.18. The monoisotopic (exact) mass is 418 g/mol. The Labute approximate surface area is 176 Å². The highest BCUT2D eigenvalue weighted by atomic mass is 16.5. The van der Waals surface area contributed by atoms with Gasteiger partial charge in [0.25, 0.3) is 0 Å². The number of carbonyl (C=O) groups is 3. The standard InChI is InChI=1S/C22H30N2O6/c1-15(23-17(21(28)29-2)9-8-16-6-4-3-5-7-16)19(25)24-18(20(26)27)10-11-22(24)12-13-30-14-22/h3-7,15,17-18,23H,8-14H2,1-2H3,(H,26,27)/t15?,17-,18-,22?/m0/s1. The molecule has 2 fully saturated rings. The molecule has 0 aliphatic carbocycles. The minimum Gasteiger partial charge on any atom is -0.480 e. The van der Waals surface area contributed by atoms with Crippen molar-refractivity contribution in [1.29, 1.82) is 0 Å². The van der Waals surface area contributed by atoms with Gasteiger partial charge in [-0.25, -0.2) is 4.79 Å². The first-order valence-electron chi connectivity index (χ1n) is 10.4. The molecule has 164 valence electrons. The van der Waals surface area contributed by atoms with E-state index in [-0.39, 0.29) is 5.91 Å². The van der Waals surface area contributed by atoms with Gasteiger partial charge in [0.1, 0.15) is 12.1 Å². The summed E-state index contributed by atoms with van der Waals surface area (Å²) in [5.41, 5.74) is 0.515. The fourth-order valence-corrected chi connectivity index (χ4v) is 4.54. The third-order valence-electron chi connectivity index (χ3n) is 6.18. The number of carboxylic acids is 1. The summed E-state index contributed by atoms with van der Waals surface area (Å²) in [5.74, 6) is -1.77. The van der Waals surface area contributed by atoms with Crippen molar-refractivity contribution in [2.24, 2.45) is 0 Å². The van der Waals surface area contributed by atoms with Gasteiger partial charge in [-0.1, -0.05) is 30.3 Å². The predicted octanol–water partition coefficient (Wildman–Crippen LogP) is 1.37. The zero-order valence-corrected chi connectivity index (χ0v) is 17.5. The molecule has 8 heteroatoms. The lowest BCUT2D eigenvalue weighted by Gasteiger charge is -2.38. The molecule has 1 amide bonds. The number of hydrogen-bond acceptors (Lipinski definition) is 6. The Morgan fingerprint density at radius 2 is 2.03 bits per heavy atom. The number of benzene rings is 1. The van der Waals surface area contributed by atoms with Crippen molar-refractivity contribution >= 4 is 17.8 Å². The van der Waals surface area contributed by atoms with E-state index >= 15 is 0 Å². The molecule has 4 atom stereocenters. The average molecular weight is 418 g/mol. The van der Waals surface area contributed by atoms with Crippen LogP contribution in [0, 0.1) is 0 Å². The molecule has 1 spiro atoms. The molecule has 0 radical (unpaired) electrons. The molecule has 2 saturated heterocycles. The molecule has 2 heterocycles. The number of ether oxygens (including phenoxy) is 2. The minimum absolute atomic E-state index is 0.320. The van der Waals surface area contributed by atoms with Crippen molar-refractivity contribution in [3.05, 3.63) is 35.9 Å². The molecule has 2 aliphatic rings. The largest absolute Gasteiger partial charge is 0.480 e. The van der Waals surface area contributed by atoms with Crippen molar-refractivity contribution in [3.63, 3.8) is 0 Å². The van der Waals surface area contributed by atoms with Crippen molar-refractivity contribution in [2.45, 2.75) is 62.7 Å². The fourth-order valence-electron chi connectivity index (χ4n) is 4.54. The maximum absolute atomic E-state index is 13.3. The first-order valence-corrected chi connectivity index (χ1v) is 10.4. The molecule has 0 saturated carbocycles. The Morgan fingerprint density at radius 1 is 1.30 bits per heavy atom. The second kappa shape index (κ2) is 9.57. The second-order valence-electron chi connectivity index (χ2n) is 8.12. The van der Waals surface area contributed by atoms with Gasteiger partial charge in [0, 0.05) is 6.61 Å². The van der Waals surface area contributed by atoms with Crippen molar-refractivity contribution < 1.29 is 29.0 Å². The van der Waals surface area contributed by atoms with E-state index < -0.39 is 35.6 Å². The van der Waals surface area contributed by atoms with Crippen LogP contribution in [0.5, 0.6) is 0 Å². The number of nitrogens with one attached hydrogen (secondary N) is 1. The highest BCUT2D eigenvalue weighted by Crippen LogP contribution is 2.40. The summed E-state index contributed by atoms with van der Waals surface area (Å²) in [7, 11) is 1.32. The molecule has 3 rings (SSSR count). The van der Waals surface area contributed by atoms with Gasteiger partial charge in [0.15, 0.2) is 0 Å². The van der Waals surface area contributed by atoms with Gasteiger partial charge >= 0.3 is 11.9 Å². The van der Waals surface area contributed by atoms with Crippen LogP contribution in [-0.4, -0.2) is 71.8 Å². The Hall–Kier alpha value is -2.45.